The summed E-state index contributed by atoms with van der Waals surface area (Å²) in [7, 11) is 0. The monoisotopic (exact) mass is 474 g/mol. The molecule has 31 heavy (non-hydrogen) atoms. The van der Waals surface area contributed by atoms with E-state index in [1.165, 1.54) is 6.42 Å². The summed E-state index contributed by atoms with van der Waals surface area (Å²) in [5.74, 6) is 0.492. The highest BCUT2D eigenvalue weighted by Gasteiger charge is 2.20. The van der Waals surface area contributed by atoms with E-state index in [-0.39, 0.29) is 18.5 Å². The van der Waals surface area contributed by atoms with Crippen LogP contribution >= 0.6 is 35.4 Å². The van der Waals surface area contributed by atoms with Gasteiger partial charge in [0, 0.05) is 22.3 Å². The molecular formula is C23H24Cl2N4OS. The van der Waals surface area contributed by atoms with E-state index in [0.717, 1.165) is 36.9 Å². The zero-order valence-electron chi connectivity index (χ0n) is 17.3. The summed E-state index contributed by atoms with van der Waals surface area (Å²) in [5.41, 5.74) is 2.69. The van der Waals surface area contributed by atoms with E-state index >= 15 is 0 Å². The van der Waals surface area contributed by atoms with Gasteiger partial charge in [-0.2, -0.15) is 5.10 Å². The number of hydrogen-bond donors (Lipinski definition) is 1. The van der Waals surface area contributed by atoms with E-state index in [1.807, 2.05) is 41.8 Å². The molecular weight excluding hydrogens is 451 g/mol. The van der Waals surface area contributed by atoms with Gasteiger partial charge >= 0.3 is 0 Å². The van der Waals surface area contributed by atoms with Crippen LogP contribution in [0.2, 0.25) is 10.0 Å². The first kappa shape index (κ1) is 22.1. The summed E-state index contributed by atoms with van der Waals surface area (Å²) in [6, 6.07) is 13.5. The number of aryl methyl sites for hydroxylation is 1. The summed E-state index contributed by atoms with van der Waals surface area (Å²) in [4.78, 5) is 12.7. The largest absolute Gasteiger partial charge is 0.352 e. The summed E-state index contributed by atoms with van der Waals surface area (Å²) in [6.45, 7) is 2.09. The number of nitrogens with one attached hydrogen (secondary N) is 1. The van der Waals surface area contributed by atoms with Crippen molar-refractivity contribution in [2.75, 3.05) is 0 Å². The predicted molar refractivity (Wildman–Crippen MR) is 128 cm³/mol. The second-order valence-corrected chi connectivity index (χ2v) is 9.17. The molecule has 1 aliphatic rings. The van der Waals surface area contributed by atoms with Crippen molar-refractivity contribution in [2.45, 2.75) is 51.6 Å². The van der Waals surface area contributed by atoms with Crippen molar-refractivity contribution in [3.8, 4) is 17.1 Å². The standard InChI is InChI=1S/C23H24Cl2N4OS/c1-15-7-10-18(11-8-15)29-22(19-12-9-16(24)13-20(19)25)27-28(23(29)31)14-21(30)26-17-5-3-2-4-6-17/h7-13,17H,2-6,14H2,1H3,(H,26,30). The van der Waals surface area contributed by atoms with Gasteiger partial charge in [-0.25, -0.2) is 4.68 Å². The van der Waals surface area contributed by atoms with Gasteiger partial charge in [-0.15, -0.1) is 0 Å². The Bertz CT molecular complexity index is 1150. The Labute approximate surface area is 197 Å². The second kappa shape index (κ2) is 9.55. The summed E-state index contributed by atoms with van der Waals surface area (Å²) in [5, 5.41) is 8.83. The van der Waals surface area contributed by atoms with Gasteiger partial charge in [0.15, 0.2) is 5.82 Å². The molecule has 162 valence electrons. The van der Waals surface area contributed by atoms with Crippen molar-refractivity contribution in [3.05, 3.63) is 62.8 Å². The molecule has 5 nitrogen and oxygen atoms in total. The molecule has 1 aliphatic carbocycles. The van der Waals surface area contributed by atoms with Gasteiger partial charge in [0.2, 0.25) is 10.7 Å². The van der Waals surface area contributed by atoms with Crippen LogP contribution in [0.1, 0.15) is 37.7 Å². The molecule has 8 heteroatoms. The number of nitrogens with zero attached hydrogens (tertiary/aromatic N) is 3. The molecule has 3 aromatic rings. The molecule has 1 N–H and O–H groups in total. The molecule has 0 aliphatic heterocycles. The Hall–Kier alpha value is -2.15. The fourth-order valence-electron chi connectivity index (χ4n) is 3.94. The third kappa shape index (κ3) is 5.03. The minimum atomic E-state index is -0.0784. The van der Waals surface area contributed by atoms with E-state index in [4.69, 9.17) is 35.4 Å². The minimum absolute atomic E-state index is 0.0619. The fraction of sp³-hybridized carbons (Fsp3) is 0.348. The van der Waals surface area contributed by atoms with Gasteiger partial charge in [0.1, 0.15) is 6.54 Å². The van der Waals surface area contributed by atoms with Crippen LogP contribution in [0.4, 0.5) is 0 Å². The third-order valence-electron chi connectivity index (χ3n) is 5.57. The highest BCUT2D eigenvalue weighted by atomic mass is 35.5. The van der Waals surface area contributed by atoms with Crippen LogP contribution < -0.4 is 5.32 Å². The van der Waals surface area contributed by atoms with E-state index in [2.05, 4.69) is 10.4 Å². The average molecular weight is 475 g/mol. The number of amides is 1. The first-order valence-corrected chi connectivity index (χ1v) is 11.6. The van der Waals surface area contributed by atoms with Crippen molar-refractivity contribution in [2.24, 2.45) is 0 Å². The molecule has 0 atom stereocenters. The molecule has 2 aromatic carbocycles. The minimum Gasteiger partial charge on any atom is -0.352 e. The van der Waals surface area contributed by atoms with Crippen LogP contribution in [0.25, 0.3) is 17.1 Å². The zero-order chi connectivity index (χ0) is 22.0. The highest BCUT2D eigenvalue weighted by molar-refractivity contribution is 7.71. The fourth-order valence-corrected chi connectivity index (χ4v) is 4.73. The first-order valence-electron chi connectivity index (χ1n) is 10.4. The third-order valence-corrected chi connectivity index (χ3v) is 6.51. The first-order chi connectivity index (χ1) is 14.9. The molecule has 1 amide bonds. The number of carbonyl (C=O) groups is 1. The Kier molecular flexibility index (Phi) is 6.80. The Morgan fingerprint density at radius 2 is 1.84 bits per heavy atom. The Morgan fingerprint density at radius 3 is 2.52 bits per heavy atom. The SMILES string of the molecule is Cc1ccc(-n2c(-c3ccc(Cl)cc3Cl)nn(CC(=O)NC3CCCCC3)c2=S)cc1. The van der Waals surface area contributed by atoms with Gasteiger partial charge in [-0.1, -0.05) is 60.2 Å². The van der Waals surface area contributed by atoms with Crippen LogP contribution in [0.5, 0.6) is 0 Å². The summed E-state index contributed by atoms with van der Waals surface area (Å²) in [6.07, 6.45) is 5.61. The van der Waals surface area contributed by atoms with Crippen molar-refractivity contribution >= 4 is 41.3 Å². The van der Waals surface area contributed by atoms with Crippen molar-refractivity contribution in [3.63, 3.8) is 0 Å². The van der Waals surface area contributed by atoms with Crippen LogP contribution in [-0.2, 0) is 11.3 Å². The number of hydrogen-bond acceptors (Lipinski definition) is 3. The van der Waals surface area contributed by atoms with Gasteiger partial charge in [-0.05, 0) is 62.3 Å². The van der Waals surface area contributed by atoms with Crippen LogP contribution in [0, 0.1) is 11.7 Å². The topological polar surface area (TPSA) is 51.9 Å². The number of benzene rings is 2. The van der Waals surface area contributed by atoms with Crippen LogP contribution in [-0.4, -0.2) is 26.3 Å². The van der Waals surface area contributed by atoms with Crippen molar-refractivity contribution in [1.82, 2.24) is 19.7 Å². The van der Waals surface area contributed by atoms with Crippen molar-refractivity contribution < 1.29 is 4.79 Å². The Balaban J connectivity index is 1.72. The number of rotatable bonds is 5. The molecule has 4 rings (SSSR count). The van der Waals surface area contributed by atoms with Gasteiger partial charge in [0.25, 0.3) is 0 Å². The van der Waals surface area contributed by atoms with Gasteiger partial charge in [-0.3, -0.25) is 9.36 Å². The normalized spacial score (nSPS) is 14.5. The number of aromatic nitrogens is 3. The average Bonchev–Trinajstić information content (AvgIpc) is 3.05. The smallest absolute Gasteiger partial charge is 0.242 e. The van der Waals surface area contributed by atoms with Gasteiger partial charge < -0.3 is 5.32 Å². The van der Waals surface area contributed by atoms with Crippen molar-refractivity contribution in [1.29, 1.82) is 0 Å². The van der Waals surface area contributed by atoms with E-state index < -0.39 is 0 Å². The molecule has 1 fully saturated rings. The molecule has 0 bridgehead atoms. The molecule has 1 aromatic heterocycles. The maximum atomic E-state index is 12.7. The molecule has 1 saturated carbocycles. The molecule has 0 unspecified atom stereocenters. The maximum absolute atomic E-state index is 12.7. The van der Waals surface area contributed by atoms with E-state index in [9.17, 15) is 4.79 Å². The van der Waals surface area contributed by atoms with E-state index in [1.54, 1.807) is 16.8 Å². The Morgan fingerprint density at radius 1 is 1.13 bits per heavy atom. The highest BCUT2D eigenvalue weighted by Crippen LogP contribution is 2.31. The quantitative estimate of drug-likeness (QED) is 0.452. The number of carbonyl (C=O) groups excluding carboxylic acids is 1. The lowest BCUT2D eigenvalue weighted by atomic mass is 9.95. The number of halogens is 2. The van der Waals surface area contributed by atoms with Crippen LogP contribution in [0.15, 0.2) is 42.5 Å². The molecule has 1 heterocycles. The molecule has 0 radical (unpaired) electrons. The summed E-state index contributed by atoms with van der Waals surface area (Å²) >= 11 is 18.3. The van der Waals surface area contributed by atoms with E-state index in [0.29, 0.717) is 26.2 Å². The molecule has 0 saturated heterocycles. The van der Waals surface area contributed by atoms with Crippen LogP contribution in [0.3, 0.4) is 0 Å². The second-order valence-electron chi connectivity index (χ2n) is 7.96. The lowest BCUT2D eigenvalue weighted by Crippen LogP contribution is -2.38. The lowest BCUT2D eigenvalue weighted by Gasteiger charge is -2.22. The predicted octanol–water partition coefficient (Wildman–Crippen LogP) is 6.13. The molecule has 0 spiro atoms. The zero-order valence-corrected chi connectivity index (χ0v) is 19.6. The summed E-state index contributed by atoms with van der Waals surface area (Å²) < 4.78 is 3.84. The maximum Gasteiger partial charge on any atom is 0.242 e. The lowest BCUT2D eigenvalue weighted by molar-refractivity contribution is -0.122. The van der Waals surface area contributed by atoms with Gasteiger partial charge in [0.05, 0.1) is 5.02 Å².